The van der Waals surface area contributed by atoms with Gasteiger partial charge in [0.1, 0.15) is 5.82 Å². The molecule has 1 aromatic carbocycles. The summed E-state index contributed by atoms with van der Waals surface area (Å²) in [7, 11) is -3.75. The van der Waals surface area contributed by atoms with Crippen molar-refractivity contribution in [3.8, 4) is 0 Å². The number of piperidine rings is 1. The molecule has 7 nitrogen and oxygen atoms in total. The highest BCUT2D eigenvalue weighted by molar-refractivity contribution is 7.89. The van der Waals surface area contributed by atoms with Gasteiger partial charge in [-0.25, -0.2) is 12.8 Å². The Morgan fingerprint density at radius 3 is 2.58 bits per heavy atom. The maximum atomic E-state index is 13.8. The van der Waals surface area contributed by atoms with Crippen molar-refractivity contribution in [1.82, 2.24) is 14.1 Å². The number of amides is 1. The first-order valence-corrected chi connectivity index (χ1v) is 9.79. The van der Waals surface area contributed by atoms with E-state index in [0.717, 1.165) is 17.7 Å². The molecule has 3 rings (SSSR count). The predicted molar refractivity (Wildman–Crippen MR) is 94.7 cm³/mol. The van der Waals surface area contributed by atoms with Crippen LogP contribution in [0.3, 0.4) is 0 Å². The molecule has 1 saturated heterocycles. The number of benzene rings is 1. The van der Waals surface area contributed by atoms with Crippen LogP contribution in [0, 0.1) is 12.7 Å². The molecule has 1 aliphatic heterocycles. The minimum atomic E-state index is -3.75. The van der Waals surface area contributed by atoms with Gasteiger partial charge in [-0.1, -0.05) is 0 Å². The molecule has 140 valence electrons. The molecule has 1 amide bonds. The Labute approximate surface area is 151 Å². The summed E-state index contributed by atoms with van der Waals surface area (Å²) in [5.41, 5.74) is 0.928. The largest absolute Gasteiger partial charge is 0.324 e. The Balaban J connectivity index is 1.76. The van der Waals surface area contributed by atoms with E-state index in [9.17, 15) is 17.6 Å². The fraction of sp³-hybridized carbons (Fsp3) is 0.412. The summed E-state index contributed by atoms with van der Waals surface area (Å²) in [6.45, 7) is 3.92. The van der Waals surface area contributed by atoms with Gasteiger partial charge >= 0.3 is 0 Å². The number of hydrogen-bond acceptors (Lipinski definition) is 4. The minimum Gasteiger partial charge on any atom is -0.324 e. The molecule has 0 aliphatic carbocycles. The smallest absolute Gasteiger partial charge is 0.243 e. The average Bonchev–Trinajstić information content (AvgIpc) is 3.03. The van der Waals surface area contributed by atoms with Crippen molar-refractivity contribution in [1.29, 1.82) is 0 Å². The third kappa shape index (κ3) is 3.78. The molecular formula is C17H21FN4O3S. The summed E-state index contributed by atoms with van der Waals surface area (Å²) >= 11 is 0. The van der Waals surface area contributed by atoms with Crippen molar-refractivity contribution in [2.45, 2.75) is 37.6 Å². The lowest BCUT2D eigenvalue weighted by Crippen LogP contribution is -2.39. The number of anilines is 1. The zero-order valence-corrected chi connectivity index (χ0v) is 15.5. The zero-order chi connectivity index (χ0) is 18.9. The third-order valence-corrected chi connectivity index (χ3v) is 6.31. The van der Waals surface area contributed by atoms with E-state index in [0.29, 0.717) is 25.9 Å². The quantitative estimate of drug-likeness (QED) is 0.882. The van der Waals surface area contributed by atoms with Crippen LogP contribution in [0.5, 0.6) is 0 Å². The number of sulfonamides is 1. The van der Waals surface area contributed by atoms with E-state index >= 15 is 0 Å². The van der Waals surface area contributed by atoms with Gasteiger partial charge in [-0.05, 0) is 43.5 Å². The Morgan fingerprint density at radius 2 is 2.00 bits per heavy atom. The van der Waals surface area contributed by atoms with Crippen LogP contribution in [-0.4, -0.2) is 41.5 Å². The number of carbonyl (C=O) groups excluding carboxylic acids is 1. The molecule has 1 N–H and O–H groups in total. The summed E-state index contributed by atoms with van der Waals surface area (Å²) in [6, 6.07) is 3.60. The van der Waals surface area contributed by atoms with Crippen LogP contribution in [0.15, 0.2) is 35.5 Å². The van der Waals surface area contributed by atoms with Crippen LogP contribution in [0.2, 0.25) is 0 Å². The number of rotatable bonds is 4. The standard InChI is InChI=1S/C17H21FN4O3S/c1-12-10-19-22(11-12)14-5-7-21(8-6-14)26(24,25)15-3-4-16(18)17(9-15)20-13(2)23/h3-4,9-11,14H,5-8H2,1-2H3,(H,20,23). The Hall–Kier alpha value is -2.26. The monoisotopic (exact) mass is 380 g/mol. The second kappa shape index (κ2) is 7.16. The van der Waals surface area contributed by atoms with Gasteiger partial charge in [0, 0.05) is 26.2 Å². The van der Waals surface area contributed by atoms with E-state index in [2.05, 4.69) is 10.4 Å². The summed E-state index contributed by atoms with van der Waals surface area (Å²) < 4.78 is 42.7. The molecule has 26 heavy (non-hydrogen) atoms. The minimum absolute atomic E-state index is 0.0315. The number of hydrogen-bond donors (Lipinski definition) is 1. The SMILES string of the molecule is CC(=O)Nc1cc(S(=O)(=O)N2CCC(n3cc(C)cn3)CC2)ccc1F. The molecule has 1 fully saturated rings. The predicted octanol–water partition coefficient (Wildman–Crippen LogP) is 2.31. The van der Waals surface area contributed by atoms with E-state index < -0.39 is 21.7 Å². The van der Waals surface area contributed by atoms with E-state index in [1.165, 1.54) is 17.3 Å². The van der Waals surface area contributed by atoms with Crippen LogP contribution in [0.4, 0.5) is 10.1 Å². The maximum absolute atomic E-state index is 13.8. The van der Waals surface area contributed by atoms with Crippen LogP contribution in [0.25, 0.3) is 0 Å². The average molecular weight is 380 g/mol. The molecular weight excluding hydrogens is 359 g/mol. The first kappa shape index (κ1) is 18.5. The van der Waals surface area contributed by atoms with Gasteiger partial charge < -0.3 is 5.32 Å². The lowest BCUT2D eigenvalue weighted by atomic mass is 10.1. The third-order valence-electron chi connectivity index (χ3n) is 4.41. The van der Waals surface area contributed by atoms with Gasteiger partial charge in [0.15, 0.2) is 0 Å². The maximum Gasteiger partial charge on any atom is 0.243 e. The summed E-state index contributed by atoms with van der Waals surface area (Å²) in [4.78, 5) is 11.1. The van der Waals surface area contributed by atoms with Gasteiger partial charge in [-0.3, -0.25) is 9.48 Å². The topological polar surface area (TPSA) is 84.3 Å². The van der Waals surface area contributed by atoms with E-state index in [-0.39, 0.29) is 16.6 Å². The van der Waals surface area contributed by atoms with Crippen molar-refractivity contribution in [2.24, 2.45) is 0 Å². The second-order valence-corrected chi connectivity index (χ2v) is 8.39. The van der Waals surface area contributed by atoms with E-state index in [1.807, 2.05) is 17.8 Å². The van der Waals surface area contributed by atoms with Gasteiger partial charge in [0.25, 0.3) is 0 Å². The molecule has 0 radical (unpaired) electrons. The highest BCUT2D eigenvalue weighted by Gasteiger charge is 2.30. The van der Waals surface area contributed by atoms with Gasteiger partial charge in [0.05, 0.1) is 22.8 Å². The fourth-order valence-corrected chi connectivity index (χ4v) is 4.58. The fourth-order valence-electron chi connectivity index (χ4n) is 3.08. The number of carbonyl (C=O) groups is 1. The number of aryl methyl sites for hydroxylation is 1. The molecule has 1 aromatic heterocycles. The molecule has 0 saturated carbocycles. The highest BCUT2D eigenvalue weighted by atomic mass is 32.2. The van der Waals surface area contributed by atoms with Crippen LogP contribution in [0.1, 0.15) is 31.4 Å². The highest BCUT2D eigenvalue weighted by Crippen LogP contribution is 2.28. The number of halogens is 1. The molecule has 0 spiro atoms. The second-order valence-electron chi connectivity index (χ2n) is 6.46. The number of nitrogens with one attached hydrogen (secondary N) is 1. The molecule has 9 heteroatoms. The van der Waals surface area contributed by atoms with Crippen LogP contribution >= 0.6 is 0 Å². The molecule has 0 unspecified atom stereocenters. The van der Waals surface area contributed by atoms with Gasteiger partial charge in [0.2, 0.25) is 15.9 Å². The normalized spacial score (nSPS) is 16.6. The summed E-state index contributed by atoms with van der Waals surface area (Å²) in [6.07, 6.45) is 5.04. The van der Waals surface area contributed by atoms with Crippen molar-refractivity contribution in [3.63, 3.8) is 0 Å². The van der Waals surface area contributed by atoms with Gasteiger partial charge in [-0.2, -0.15) is 9.40 Å². The van der Waals surface area contributed by atoms with Crippen molar-refractivity contribution >= 4 is 21.6 Å². The van der Waals surface area contributed by atoms with Crippen LogP contribution in [-0.2, 0) is 14.8 Å². The molecule has 0 bridgehead atoms. The molecule has 2 aromatic rings. The van der Waals surface area contributed by atoms with Crippen molar-refractivity contribution in [2.75, 3.05) is 18.4 Å². The van der Waals surface area contributed by atoms with Gasteiger partial charge in [-0.15, -0.1) is 0 Å². The number of aromatic nitrogens is 2. The Morgan fingerprint density at radius 1 is 1.31 bits per heavy atom. The Kier molecular flexibility index (Phi) is 5.10. The molecule has 1 aliphatic rings. The van der Waals surface area contributed by atoms with E-state index in [4.69, 9.17) is 0 Å². The van der Waals surface area contributed by atoms with Crippen LogP contribution < -0.4 is 5.32 Å². The zero-order valence-electron chi connectivity index (χ0n) is 14.6. The first-order valence-electron chi connectivity index (χ1n) is 8.35. The van der Waals surface area contributed by atoms with Crippen molar-refractivity contribution in [3.05, 3.63) is 42.0 Å². The number of nitrogens with zero attached hydrogens (tertiary/aromatic N) is 3. The lowest BCUT2D eigenvalue weighted by Gasteiger charge is -2.31. The van der Waals surface area contributed by atoms with E-state index in [1.54, 1.807) is 6.20 Å². The molecule has 0 atom stereocenters. The Bertz CT molecular complexity index is 918. The molecule has 2 heterocycles. The first-order chi connectivity index (χ1) is 12.3. The summed E-state index contributed by atoms with van der Waals surface area (Å²) in [5.74, 6) is -1.14. The summed E-state index contributed by atoms with van der Waals surface area (Å²) in [5, 5.41) is 6.61. The van der Waals surface area contributed by atoms with Crippen molar-refractivity contribution < 1.29 is 17.6 Å². The lowest BCUT2D eigenvalue weighted by molar-refractivity contribution is -0.114.